The van der Waals surface area contributed by atoms with Gasteiger partial charge in [-0.3, -0.25) is 4.79 Å². The minimum atomic E-state index is -0.863. The Morgan fingerprint density at radius 2 is 1.82 bits per heavy atom. The highest BCUT2D eigenvalue weighted by Crippen LogP contribution is 2.02. The van der Waals surface area contributed by atoms with Crippen molar-refractivity contribution in [3.63, 3.8) is 0 Å². The molecule has 0 aromatic heterocycles. The summed E-state index contributed by atoms with van der Waals surface area (Å²) >= 11 is 0. The van der Waals surface area contributed by atoms with Crippen LogP contribution in [0.1, 0.15) is 25.7 Å². The van der Waals surface area contributed by atoms with E-state index in [-0.39, 0.29) is 12.8 Å². The van der Waals surface area contributed by atoms with Crippen LogP contribution in [0.4, 0.5) is 0 Å². The maximum absolute atomic E-state index is 10.2. The molecule has 0 aromatic carbocycles. The van der Waals surface area contributed by atoms with E-state index in [9.17, 15) is 15.0 Å². The molecule has 4 heteroatoms. The van der Waals surface area contributed by atoms with E-state index >= 15 is 0 Å². The molecular formula is C13H18O4. The van der Waals surface area contributed by atoms with Crippen LogP contribution in [-0.2, 0) is 4.79 Å². The van der Waals surface area contributed by atoms with Crippen LogP contribution in [0.15, 0.2) is 24.3 Å². The summed E-state index contributed by atoms with van der Waals surface area (Å²) in [5.41, 5.74) is 0. The zero-order valence-electron chi connectivity index (χ0n) is 9.62. The number of aliphatic carboxylic acids is 1. The van der Waals surface area contributed by atoms with Crippen LogP contribution in [-0.4, -0.2) is 33.5 Å². The normalized spacial score (nSPS) is 14.9. The summed E-state index contributed by atoms with van der Waals surface area (Å²) in [6.45, 7) is 0. The van der Waals surface area contributed by atoms with Gasteiger partial charge in [-0.05, 0) is 12.8 Å². The molecule has 0 radical (unpaired) electrons. The van der Waals surface area contributed by atoms with Crippen LogP contribution in [0.5, 0.6) is 0 Å². The molecule has 3 N–H and O–H groups in total. The molecule has 0 amide bonds. The number of carboxylic acids is 1. The number of hydrogen-bond acceptors (Lipinski definition) is 3. The van der Waals surface area contributed by atoms with Gasteiger partial charge in [0.05, 0.1) is 12.2 Å². The summed E-state index contributed by atoms with van der Waals surface area (Å²) in [5, 5.41) is 27.0. The molecule has 0 aliphatic heterocycles. The number of carbonyl (C=O) groups is 1. The van der Waals surface area contributed by atoms with Gasteiger partial charge in [-0.25, -0.2) is 0 Å². The lowest BCUT2D eigenvalue weighted by atomic mass is 10.1. The van der Waals surface area contributed by atoms with Crippen LogP contribution >= 0.6 is 0 Å². The van der Waals surface area contributed by atoms with Crippen molar-refractivity contribution in [1.82, 2.24) is 0 Å². The smallest absolute Gasteiger partial charge is 0.303 e. The van der Waals surface area contributed by atoms with Gasteiger partial charge in [-0.2, -0.15) is 0 Å². The Balaban J connectivity index is 3.76. The molecule has 0 aromatic rings. The number of carboxylic acid groups (broad SMARTS) is 1. The fourth-order valence-corrected chi connectivity index (χ4v) is 1.13. The minimum Gasteiger partial charge on any atom is -0.481 e. The van der Waals surface area contributed by atoms with Gasteiger partial charge in [-0.15, -0.1) is 12.3 Å². The first-order chi connectivity index (χ1) is 8.06. The zero-order valence-corrected chi connectivity index (χ0v) is 9.62. The third-order valence-corrected chi connectivity index (χ3v) is 2.00. The Morgan fingerprint density at radius 1 is 1.24 bits per heavy atom. The number of aliphatic hydroxyl groups is 2. The molecule has 17 heavy (non-hydrogen) atoms. The van der Waals surface area contributed by atoms with Crippen molar-refractivity contribution in [2.45, 2.75) is 37.9 Å². The molecule has 2 atom stereocenters. The van der Waals surface area contributed by atoms with Crippen molar-refractivity contribution in [2.75, 3.05) is 0 Å². The molecule has 94 valence electrons. The molecule has 0 saturated carbocycles. The summed E-state index contributed by atoms with van der Waals surface area (Å²) in [7, 11) is 0. The van der Waals surface area contributed by atoms with Gasteiger partial charge in [0, 0.05) is 12.8 Å². The summed E-state index contributed by atoms with van der Waals surface area (Å²) in [5.74, 6) is 1.46. The second-order valence-corrected chi connectivity index (χ2v) is 3.60. The third kappa shape index (κ3) is 10.7. The molecule has 0 aliphatic rings. The predicted octanol–water partition coefficient (Wildman–Crippen LogP) is 1.10. The van der Waals surface area contributed by atoms with Gasteiger partial charge < -0.3 is 15.3 Å². The highest BCUT2D eigenvalue weighted by Gasteiger charge is 2.01. The number of terminal acetylenes is 1. The molecule has 0 aliphatic carbocycles. The van der Waals surface area contributed by atoms with Crippen LogP contribution in [0.25, 0.3) is 0 Å². The van der Waals surface area contributed by atoms with Gasteiger partial charge in [0.1, 0.15) is 0 Å². The third-order valence-electron chi connectivity index (χ3n) is 2.00. The van der Waals surface area contributed by atoms with Crippen molar-refractivity contribution in [3.8, 4) is 12.3 Å². The van der Waals surface area contributed by atoms with Crippen molar-refractivity contribution in [1.29, 1.82) is 0 Å². The standard InChI is InChI=1S/C13H18O4/c1-2-6-11(14)7-3-4-8-12(15)9-5-10-13(16)17/h1,3-4,7-8,11-12,14-15H,5-6,9-10H2,(H,16,17)/b7-3+,8-4+/t11-,12-/m1/s1. The van der Waals surface area contributed by atoms with Crippen LogP contribution in [0.2, 0.25) is 0 Å². The largest absolute Gasteiger partial charge is 0.481 e. The first kappa shape index (κ1) is 15.4. The Bertz CT molecular complexity index is 312. The Kier molecular flexibility index (Phi) is 8.75. The molecule has 0 bridgehead atoms. The number of allylic oxidation sites excluding steroid dienone is 2. The molecule has 4 nitrogen and oxygen atoms in total. The lowest BCUT2D eigenvalue weighted by molar-refractivity contribution is -0.137. The highest BCUT2D eigenvalue weighted by atomic mass is 16.4. The maximum atomic E-state index is 10.2. The Morgan fingerprint density at radius 3 is 2.35 bits per heavy atom. The van der Waals surface area contributed by atoms with Crippen molar-refractivity contribution in [3.05, 3.63) is 24.3 Å². The molecule has 0 unspecified atom stereocenters. The number of hydrogen-bond donors (Lipinski definition) is 3. The first-order valence-electron chi connectivity index (χ1n) is 5.42. The van der Waals surface area contributed by atoms with E-state index in [0.717, 1.165) is 0 Å². The average Bonchev–Trinajstić information content (AvgIpc) is 2.24. The monoisotopic (exact) mass is 238 g/mol. The van der Waals surface area contributed by atoms with Gasteiger partial charge >= 0.3 is 5.97 Å². The summed E-state index contributed by atoms with van der Waals surface area (Å²) in [6, 6.07) is 0. The lowest BCUT2D eigenvalue weighted by Gasteiger charge is -2.02. The summed E-state index contributed by atoms with van der Waals surface area (Å²) in [4.78, 5) is 10.2. The van der Waals surface area contributed by atoms with Crippen molar-refractivity contribution in [2.24, 2.45) is 0 Å². The second kappa shape index (κ2) is 9.64. The SMILES string of the molecule is C#CC[C@@H](O)/C=C/C=C/[C@@H](O)CCCC(=O)O. The van der Waals surface area contributed by atoms with Gasteiger partial charge in [0.2, 0.25) is 0 Å². The fraction of sp³-hybridized carbons (Fsp3) is 0.462. The predicted molar refractivity (Wildman–Crippen MR) is 65.2 cm³/mol. The fourth-order valence-electron chi connectivity index (χ4n) is 1.13. The van der Waals surface area contributed by atoms with Gasteiger partial charge in [0.15, 0.2) is 0 Å². The van der Waals surface area contributed by atoms with E-state index in [4.69, 9.17) is 11.5 Å². The van der Waals surface area contributed by atoms with Crippen molar-refractivity contribution >= 4 is 5.97 Å². The van der Waals surface area contributed by atoms with Crippen LogP contribution < -0.4 is 0 Å². The second-order valence-electron chi connectivity index (χ2n) is 3.60. The topological polar surface area (TPSA) is 77.8 Å². The highest BCUT2D eigenvalue weighted by molar-refractivity contribution is 5.66. The maximum Gasteiger partial charge on any atom is 0.303 e. The average molecular weight is 238 g/mol. The molecule has 0 spiro atoms. The molecule has 0 fully saturated rings. The van der Waals surface area contributed by atoms with E-state index in [1.54, 1.807) is 18.2 Å². The molecular weight excluding hydrogens is 220 g/mol. The summed E-state index contributed by atoms with van der Waals surface area (Å²) in [6.07, 6.45) is 11.1. The van der Waals surface area contributed by atoms with Crippen LogP contribution in [0, 0.1) is 12.3 Å². The van der Waals surface area contributed by atoms with E-state index in [2.05, 4.69) is 5.92 Å². The zero-order chi connectivity index (χ0) is 13.1. The summed E-state index contributed by atoms with van der Waals surface area (Å²) < 4.78 is 0. The van der Waals surface area contributed by atoms with E-state index in [0.29, 0.717) is 12.8 Å². The quantitative estimate of drug-likeness (QED) is 0.437. The van der Waals surface area contributed by atoms with Gasteiger partial charge in [-0.1, -0.05) is 24.3 Å². The minimum absolute atomic E-state index is 0.0572. The van der Waals surface area contributed by atoms with E-state index in [1.807, 2.05) is 0 Å². The lowest BCUT2D eigenvalue weighted by Crippen LogP contribution is -2.03. The number of aliphatic hydroxyl groups excluding tert-OH is 2. The molecule has 0 heterocycles. The van der Waals surface area contributed by atoms with E-state index < -0.39 is 18.2 Å². The van der Waals surface area contributed by atoms with Crippen molar-refractivity contribution < 1.29 is 20.1 Å². The molecule has 0 rings (SSSR count). The van der Waals surface area contributed by atoms with Gasteiger partial charge in [0.25, 0.3) is 0 Å². The first-order valence-corrected chi connectivity index (χ1v) is 5.42. The Labute approximate surface area is 101 Å². The van der Waals surface area contributed by atoms with E-state index in [1.165, 1.54) is 6.08 Å². The molecule has 0 saturated heterocycles. The van der Waals surface area contributed by atoms with Crippen LogP contribution in [0.3, 0.4) is 0 Å². The number of rotatable bonds is 8. The Hall–Kier alpha value is -1.57.